The van der Waals surface area contributed by atoms with E-state index in [1.807, 2.05) is 13.0 Å². The molecule has 0 unspecified atom stereocenters. The van der Waals surface area contributed by atoms with Crippen LogP contribution < -0.4 is 4.72 Å². The Bertz CT molecular complexity index is 776. The first-order valence-electron chi connectivity index (χ1n) is 6.56. The van der Waals surface area contributed by atoms with Crippen LogP contribution in [-0.2, 0) is 16.4 Å². The lowest BCUT2D eigenvalue weighted by atomic mass is 10.1. The summed E-state index contributed by atoms with van der Waals surface area (Å²) in [4.78, 5) is 12.4. The lowest BCUT2D eigenvalue weighted by molar-refractivity contribution is 0.101. The lowest BCUT2D eigenvalue weighted by Crippen LogP contribution is -2.13. The third kappa shape index (κ3) is 3.51. The molecular weight excluding hydrogens is 306 g/mol. The van der Waals surface area contributed by atoms with Crippen LogP contribution >= 0.6 is 11.3 Å². The summed E-state index contributed by atoms with van der Waals surface area (Å²) >= 11 is 1.26. The van der Waals surface area contributed by atoms with Gasteiger partial charge < -0.3 is 0 Å². The molecule has 1 N–H and O–H groups in total. The first-order valence-corrected chi connectivity index (χ1v) is 8.86. The molecule has 0 spiro atoms. The van der Waals surface area contributed by atoms with E-state index in [1.54, 1.807) is 31.2 Å². The molecule has 6 heteroatoms. The van der Waals surface area contributed by atoms with Gasteiger partial charge in [0.05, 0.1) is 5.69 Å². The molecule has 0 radical (unpaired) electrons. The molecule has 0 aliphatic heterocycles. The van der Waals surface area contributed by atoms with Gasteiger partial charge in [-0.3, -0.25) is 9.52 Å². The Morgan fingerprint density at radius 2 is 1.95 bits per heavy atom. The Morgan fingerprint density at radius 3 is 2.52 bits per heavy atom. The van der Waals surface area contributed by atoms with E-state index < -0.39 is 10.0 Å². The van der Waals surface area contributed by atoms with Gasteiger partial charge in [0, 0.05) is 10.4 Å². The second kappa shape index (κ2) is 5.99. The van der Waals surface area contributed by atoms with Crippen molar-refractivity contribution in [1.29, 1.82) is 0 Å². The molecule has 21 heavy (non-hydrogen) atoms. The number of nitrogens with one attached hydrogen (secondary N) is 1. The molecule has 2 rings (SSSR count). The summed E-state index contributed by atoms with van der Waals surface area (Å²) in [5.41, 5.74) is 1.70. The number of sulfonamides is 1. The van der Waals surface area contributed by atoms with Crippen molar-refractivity contribution in [2.75, 3.05) is 4.72 Å². The van der Waals surface area contributed by atoms with Crippen molar-refractivity contribution < 1.29 is 13.2 Å². The summed E-state index contributed by atoms with van der Waals surface area (Å²) in [5, 5.41) is 0. The number of hydrogen-bond donors (Lipinski definition) is 1. The van der Waals surface area contributed by atoms with Crippen molar-refractivity contribution in [2.45, 2.75) is 31.4 Å². The van der Waals surface area contributed by atoms with E-state index in [2.05, 4.69) is 4.72 Å². The van der Waals surface area contributed by atoms with Crippen LogP contribution in [0.15, 0.2) is 34.5 Å². The molecule has 0 aliphatic carbocycles. The second-order valence-corrected chi connectivity index (χ2v) is 7.84. The molecule has 0 aliphatic rings. The zero-order chi connectivity index (χ0) is 15.6. The maximum Gasteiger partial charge on any atom is 0.271 e. The van der Waals surface area contributed by atoms with E-state index in [0.29, 0.717) is 11.3 Å². The third-order valence-corrected chi connectivity index (χ3v) is 6.23. The van der Waals surface area contributed by atoms with Crippen LogP contribution in [0.2, 0.25) is 0 Å². The number of benzene rings is 1. The molecule has 1 heterocycles. The van der Waals surface area contributed by atoms with Gasteiger partial charge in [-0.25, -0.2) is 8.42 Å². The highest BCUT2D eigenvalue weighted by Gasteiger charge is 2.18. The van der Waals surface area contributed by atoms with E-state index >= 15 is 0 Å². The number of aryl methyl sites for hydroxylation is 2. The van der Waals surface area contributed by atoms with E-state index in [1.165, 1.54) is 18.3 Å². The summed E-state index contributed by atoms with van der Waals surface area (Å²) in [6, 6.07) is 8.42. The van der Waals surface area contributed by atoms with Gasteiger partial charge in [-0.05, 0) is 44.0 Å². The summed E-state index contributed by atoms with van der Waals surface area (Å²) in [7, 11) is -3.61. The van der Waals surface area contributed by atoms with Crippen molar-refractivity contribution in [1.82, 2.24) is 0 Å². The maximum absolute atomic E-state index is 12.4. The van der Waals surface area contributed by atoms with Crippen molar-refractivity contribution in [3.05, 3.63) is 46.3 Å². The molecule has 2 aromatic rings. The first-order chi connectivity index (χ1) is 9.83. The van der Waals surface area contributed by atoms with Gasteiger partial charge in [0.25, 0.3) is 10.0 Å². The van der Waals surface area contributed by atoms with Crippen molar-refractivity contribution in [3.63, 3.8) is 0 Å². The normalized spacial score (nSPS) is 11.4. The number of carbonyl (C=O) groups excluding carboxylic acids is 1. The quantitative estimate of drug-likeness (QED) is 0.855. The Morgan fingerprint density at radius 1 is 1.24 bits per heavy atom. The van der Waals surface area contributed by atoms with Gasteiger partial charge in [0.2, 0.25) is 0 Å². The Balaban J connectivity index is 2.36. The number of ketones is 1. The highest BCUT2D eigenvalue weighted by Crippen LogP contribution is 2.26. The van der Waals surface area contributed by atoms with E-state index in [4.69, 9.17) is 0 Å². The first kappa shape index (κ1) is 15.7. The van der Waals surface area contributed by atoms with E-state index in [0.717, 1.165) is 16.9 Å². The monoisotopic (exact) mass is 323 g/mol. The SMILES string of the molecule is CCc1ccc(S(=O)(=O)Nc2cc(C(C)=O)ccc2C)s1. The Kier molecular flexibility index (Phi) is 4.49. The summed E-state index contributed by atoms with van der Waals surface area (Å²) < 4.78 is 27.6. The molecule has 0 bridgehead atoms. The molecule has 1 aromatic heterocycles. The van der Waals surface area contributed by atoms with Crippen LogP contribution in [0.3, 0.4) is 0 Å². The molecule has 112 valence electrons. The second-order valence-electron chi connectivity index (χ2n) is 4.77. The van der Waals surface area contributed by atoms with Crippen LogP contribution in [0.1, 0.15) is 34.6 Å². The Labute approximate surface area is 128 Å². The highest BCUT2D eigenvalue weighted by molar-refractivity contribution is 7.94. The van der Waals surface area contributed by atoms with Gasteiger partial charge in [-0.15, -0.1) is 11.3 Å². The summed E-state index contributed by atoms with van der Waals surface area (Å²) in [5.74, 6) is -0.0974. The van der Waals surface area contributed by atoms with Crippen molar-refractivity contribution in [3.8, 4) is 0 Å². The average molecular weight is 323 g/mol. The number of carbonyl (C=O) groups is 1. The Hall–Kier alpha value is -1.66. The molecule has 4 nitrogen and oxygen atoms in total. The van der Waals surface area contributed by atoms with E-state index in [9.17, 15) is 13.2 Å². The number of Topliss-reactive ketones (excluding diaryl/α,β-unsaturated/α-hetero) is 1. The standard InChI is InChI=1S/C15H17NO3S2/c1-4-13-7-8-15(20-13)21(18,19)16-14-9-12(11(3)17)6-5-10(14)2/h5-9,16H,4H2,1-3H3. The summed E-state index contributed by atoms with van der Waals surface area (Å²) in [6.07, 6.45) is 0.805. The van der Waals surface area contributed by atoms with Crippen LogP contribution in [0, 0.1) is 6.92 Å². The zero-order valence-corrected chi connectivity index (χ0v) is 13.8. The molecule has 0 saturated carbocycles. The molecule has 0 amide bonds. The third-order valence-electron chi connectivity index (χ3n) is 3.14. The summed E-state index contributed by atoms with van der Waals surface area (Å²) in [6.45, 7) is 5.24. The topological polar surface area (TPSA) is 63.2 Å². The van der Waals surface area contributed by atoms with Crippen LogP contribution in [0.5, 0.6) is 0 Å². The van der Waals surface area contributed by atoms with Crippen LogP contribution in [0.25, 0.3) is 0 Å². The van der Waals surface area contributed by atoms with Crippen molar-refractivity contribution in [2.24, 2.45) is 0 Å². The largest absolute Gasteiger partial charge is 0.295 e. The predicted molar refractivity (Wildman–Crippen MR) is 85.7 cm³/mol. The average Bonchev–Trinajstić information content (AvgIpc) is 2.90. The van der Waals surface area contributed by atoms with Gasteiger partial charge >= 0.3 is 0 Å². The van der Waals surface area contributed by atoms with Gasteiger partial charge in [-0.1, -0.05) is 19.1 Å². The molecule has 0 saturated heterocycles. The van der Waals surface area contributed by atoms with Gasteiger partial charge in [0.1, 0.15) is 4.21 Å². The molecule has 0 fully saturated rings. The van der Waals surface area contributed by atoms with E-state index in [-0.39, 0.29) is 9.99 Å². The highest BCUT2D eigenvalue weighted by atomic mass is 32.2. The minimum Gasteiger partial charge on any atom is -0.295 e. The number of anilines is 1. The number of hydrogen-bond acceptors (Lipinski definition) is 4. The van der Waals surface area contributed by atoms with Crippen molar-refractivity contribution >= 4 is 32.8 Å². The fraction of sp³-hybridized carbons (Fsp3) is 0.267. The maximum atomic E-state index is 12.4. The lowest BCUT2D eigenvalue weighted by Gasteiger charge is -2.10. The fourth-order valence-electron chi connectivity index (χ4n) is 1.84. The minimum atomic E-state index is -3.61. The van der Waals surface area contributed by atoms with Gasteiger partial charge in [-0.2, -0.15) is 0 Å². The van der Waals surface area contributed by atoms with Crippen LogP contribution in [0.4, 0.5) is 5.69 Å². The zero-order valence-electron chi connectivity index (χ0n) is 12.1. The number of thiophene rings is 1. The van der Waals surface area contributed by atoms with Gasteiger partial charge in [0.15, 0.2) is 5.78 Å². The molecule has 1 aromatic carbocycles. The van der Waals surface area contributed by atoms with Crippen LogP contribution in [-0.4, -0.2) is 14.2 Å². The predicted octanol–water partition coefficient (Wildman–Crippen LogP) is 3.62. The number of rotatable bonds is 5. The fourth-order valence-corrected chi connectivity index (χ4v) is 4.26. The molecule has 0 atom stereocenters. The molecular formula is C15H17NO3S2. The smallest absolute Gasteiger partial charge is 0.271 e. The minimum absolute atomic E-state index is 0.0974.